The van der Waals surface area contributed by atoms with Crippen molar-refractivity contribution in [2.45, 2.75) is 50.8 Å². The molecule has 1 aromatic rings. The van der Waals surface area contributed by atoms with Gasteiger partial charge in [0.25, 0.3) is 0 Å². The molecular formula is C18H21Br2Cl. The Morgan fingerprint density at radius 1 is 1.14 bits per heavy atom. The van der Waals surface area contributed by atoms with Crippen LogP contribution in [-0.2, 0) is 0 Å². The molecule has 4 bridgehead atoms. The molecule has 1 aromatic carbocycles. The zero-order valence-corrected chi connectivity index (χ0v) is 16.3. The molecule has 4 saturated carbocycles. The van der Waals surface area contributed by atoms with Crippen LogP contribution in [0.15, 0.2) is 27.1 Å². The molecule has 3 heteroatoms. The van der Waals surface area contributed by atoms with Gasteiger partial charge >= 0.3 is 0 Å². The van der Waals surface area contributed by atoms with Gasteiger partial charge in [-0.2, -0.15) is 0 Å². The fraction of sp³-hybridized carbons (Fsp3) is 0.667. The molecule has 3 unspecified atom stereocenters. The largest absolute Gasteiger partial charge is 0.117 e. The van der Waals surface area contributed by atoms with Crippen LogP contribution in [0.4, 0.5) is 0 Å². The van der Waals surface area contributed by atoms with Crippen LogP contribution in [0.25, 0.3) is 0 Å². The minimum Gasteiger partial charge on any atom is -0.117 e. The van der Waals surface area contributed by atoms with Crippen LogP contribution in [0.5, 0.6) is 0 Å². The zero-order valence-electron chi connectivity index (χ0n) is 12.3. The summed E-state index contributed by atoms with van der Waals surface area (Å²) >= 11 is 14.4. The highest BCUT2D eigenvalue weighted by molar-refractivity contribution is 9.11. The SMILES string of the molecule is CC12CC3CC(C1)CC(C(Cl)c1cc(Br)ccc1Br)(C3)C2. The highest BCUT2D eigenvalue weighted by Gasteiger charge is 2.58. The monoisotopic (exact) mass is 430 g/mol. The van der Waals surface area contributed by atoms with Crippen LogP contribution < -0.4 is 0 Å². The molecule has 5 rings (SSSR count). The molecular weight excluding hydrogens is 411 g/mol. The van der Waals surface area contributed by atoms with Gasteiger partial charge < -0.3 is 0 Å². The number of rotatable bonds is 2. The minimum atomic E-state index is 0.134. The first kappa shape index (κ1) is 15.0. The fourth-order valence-electron chi connectivity index (χ4n) is 6.13. The summed E-state index contributed by atoms with van der Waals surface area (Å²) in [6, 6.07) is 6.41. The lowest BCUT2D eigenvalue weighted by Gasteiger charge is -2.62. The van der Waals surface area contributed by atoms with E-state index in [-0.39, 0.29) is 5.38 Å². The maximum Gasteiger partial charge on any atom is 0.0653 e. The minimum absolute atomic E-state index is 0.134. The predicted molar refractivity (Wildman–Crippen MR) is 95.7 cm³/mol. The molecule has 3 atom stereocenters. The lowest BCUT2D eigenvalue weighted by atomic mass is 9.43. The van der Waals surface area contributed by atoms with Crippen LogP contribution in [0, 0.1) is 22.7 Å². The second-order valence-electron chi connectivity index (χ2n) is 8.16. The van der Waals surface area contributed by atoms with E-state index in [4.69, 9.17) is 11.6 Å². The lowest BCUT2D eigenvalue weighted by Crippen LogP contribution is -2.52. The van der Waals surface area contributed by atoms with E-state index in [1.54, 1.807) is 0 Å². The first-order valence-corrected chi connectivity index (χ1v) is 10.0. The molecule has 0 saturated heterocycles. The van der Waals surface area contributed by atoms with Crippen molar-refractivity contribution in [1.29, 1.82) is 0 Å². The molecule has 0 amide bonds. The van der Waals surface area contributed by atoms with Gasteiger partial charge in [-0.3, -0.25) is 0 Å². The van der Waals surface area contributed by atoms with Gasteiger partial charge in [0.1, 0.15) is 0 Å². The van der Waals surface area contributed by atoms with Crippen molar-refractivity contribution in [3.63, 3.8) is 0 Å². The Kier molecular flexibility index (Phi) is 3.56. The Labute approximate surface area is 149 Å². The lowest BCUT2D eigenvalue weighted by molar-refractivity contribution is -0.103. The highest BCUT2D eigenvalue weighted by atomic mass is 79.9. The molecule has 0 heterocycles. The standard InChI is InChI=1S/C18H21Br2Cl/c1-17-6-11-4-12(7-17)9-18(8-11,10-17)16(21)14-5-13(19)2-3-15(14)20/h2-3,5,11-12,16H,4,6-10H2,1H3. The van der Waals surface area contributed by atoms with E-state index in [0.717, 1.165) is 20.8 Å². The average Bonchev–Trinajstić information content (AvgIpc) is 2.38. The van der Waals surface area contributed by atoms with Crippen LogP contribution >= 0.6 is 43.5 Å². The number of hydrogen-bond acceptors (Lipinski definition) is 0. The topological polar surface area (TPSA) is 0 Å². The summed E-state index contributed by atoms with van der Waals surface area (Å²) < 4.78 is 2.29. The van der Waals surface area contributed by atoms with Gasteiger partial charge in [0.15, 0.2) is 0 Å². The van der Waals surface area contributed by atoms with Crippen molar-refractivity contribution in [1.82, 2.24) is 0 Å². The predicted octanol–water partition coefficient (Wildman–Crippen LogP) is 7.10. The zero-order chi connectivity index (χ0) is 14.8. The summed E-state index contributed by atoms with van der Waals surface area (Å²) in [5.74, 6) is 1.84. The van der Waals surface area contributed by atoms with Gasteiger partial charge in [-0.15, -0.1) is 11.6 Å². The van der Waals surface area contributed by atoms with E-state index in [1.165, 1.54) is 44.1 Å². The van der Waals surface area contributed by atoms with Crippen molar-refractivity contribution in [3.8, 4) is 0 Å². The van der Waals surface area contributed by atoms with Gasteiger partial charge in [-0.1, -0.05) is 38.8 Å². The third-order valence-electron chi connectivity index (χ3n) is 6.17. The first-order valence-electron chi connectivity index (χ1n) is 7.98. The Morgan fingerprint density at radius 2 is 1.81 bits per heavy atom. The van der Waals surface area contributed by atoms with E-state index in [9.17, 15) is 0 Å². The average molecular weight is 433 g/mol. The Bertz CT molecular complexity index is 569. The van der Waals surface area contributed by atoms with Crippen molar-refractivity contribution >= 4 is 43.5 Å². The molecule has 21 heavy (non-hydrogen) atoms. The quantitative estimate of drug-likeness (QED) is 0.437. The number of hydrogen-bond donors (Lipinski definition) is 0. The van der Waals surface area contributed by atoms with Gasteiger partial charge in [0, 0.05) is 8.95 Å². The smallest absolute Gasteiger partial charge is 0.0653 e. The summed E-state index contributed by atoms with van der Waals surface area (Å²) in [6.45, 7) is 2.51. The third kappa shape index (κ3) is 2.44. The first-order chi connectivity index (χ1) is 9.89. The highest BCUT2D eigenvalue weighted by Crippen LogP contribution is 2.69. The van der Waals surface area contributed by atoms with Gasteiger partial charge in [0.2, 0.25) is 0 Å². The molecule has 0 aliphatic heterocycles. The second-order valence-corrected chi connectivity index (χ2v) is 10.4. The van der Waals surface area contributed by atoms with Crippen LogP contribution in [0.2, 0.25) is 0 Å². The summed E-state index contributed by atoms with van der Waals surface area (Å²) in [4.78, 5) is 0. The van der Waals surface area contributed by atoms with Crippen molar-refractivity contribution in [3.05, 3.63) is 32.7 Å². The summed E-state index contributed by atoms with van der Waals surface area (Å²) in [6.07, 6.45) is 8.34. The molecule has 114 valence electrons. The Balaban J connectivity index is 1.73. The van der Waals surface area contributed by atoms with Crippen LogP contribution in [0.3, 0.4) is 0 Å². The van der Waals surface area contributed by atoms with Crippen LogP contribution in [-0.4, -0.2) is 0 Å². The molecule has 0 N–H and O–H groups in total. The van der Waals surface area contributed by atoms with Gasteiger partial charge in [0.05, 0.1) is 5.38 Å². The van der Waals surface area contributed by atoms with E-state index >= 15 is 0 Å². The van der Waals surface area contributed by atoms with Crippen molar-refractivity contribution in [2.24, 2.45) is 22.7 Å². The third-order valence-corrected chi connectivity index (χ3v) is 8.08. The molecule has 0 spiro atoms. The molecule has 0 nitrogen and oxygen atoms in total. The van der Waals surface area contributed by atoms with E-state index < -0.39 is 0 Å². The van der Waals surface area contributed by atoms with Gasteiger partial charge in [-0.25, -0.2) is 0 Å². The molecule has 0 aromatic heterocycles. The Morgan fingerprint density at radius 3 is 2.43 bits per heavy atom. The van der Waals surface area contributed by atoms with Crippen molar-refractivity contribution in [2.75, 3.05) is 0 Å². The molecule has 4 aliphatic carbocycles. The normalized spacial score (nSPS) is 42.3. The second kappa shape index (κ2) is 4.98. The summed E-state index contributed by atoms with van der Waals surface area (Å²) in [5.41, 5.74) is 2.15. The van der Waals surface area contributed by atoms with E-state index in [1.807, 2.05) is 0 Å². The number of halogens is 3. The summed E-state index contributed by atoms with van der Waals surface area (Å²) in [5, 5.41) is 0.134. The maximum atomic E-state index is 7.12. The number of benzene rings is 1. The molecule has 0 radical (unpaired) electrons. The van der Waals surface area contributed by atoms with Crippen LogP contribution in [0.1, 0.15) is 56.4 Å². The summed E-state index contributed by atoms with van der Waals surface area (Å²) in [7, 11) is 0. The van der Waals surface area contributed by atoms with Gasteiger partial charge in [-0.05, 0) is 85.0 Å². The molecule has 4 fully saturated rings. The Hall–Kier alpha value is 0.470. The van der Waals surface area contributed by atoms with E-state index in [0.29, 0.717) is 10.8 Å². The maximum absolute atomic E-state index is 7.12. The number of alkyl halides is 1. The molecule has 4 aliphatic rings. The van der Waals surface area contributed by atoms with Crippen molar-refractivity contribution < 1.29 is 0 Å². The van der Waals surface area contributed by atoms with E-state index in [2.05, 4.69) is 57.0 Å². The fourth-order valence-corrected chi connectivity index (χ4v) is 7.56.